The number of nitrogens with zero attached hydrogens (tertiary/aromatic N) is 3. The highest BCUT2D eigenvalue weighted by Gasteiger charge is 2.31. The molecule has 2 aromatic heterocycles. The summed E-state index contributed by atoms with van der Waals surface area (Å²) in [5, 5.41) is 7.54. The van der Waals surface area contributed by atoms with E-state index in [1.807, 2.05) is 17.8 Å². The van der Waals surface area contributed by atoms with Crippen LogP contribution in [0.15, 0.2) is 30.6 Å². The average Bonchev–Trinajstić information content (AvgIpc) is 3.17. The van der Waals surface area contributed by atoms with Crippen molar-refractivity contribution in [3.63, 3.8) is 0 Å². The fourth-order valence-corrected chi connectivity index (χ4v) is 2.82. The molecule has 1 fully saturated rings. The molecule has 2 atom stereocenters. The number of ether oxygens (including phenoxy) is 2. The van der Waals surface area contributed by atoms with Gasteiger partial charge in [-0.05, 0) is 24.6 Å². The summed E-state index contributed by atoms with van der Waals surface area (Å²) in [6.45, 7) is 2.59. The van der Waals surface area contributed by atoms with Crippen LogP contribution in [0.2, 0.25) is 0 Å². The molecule has 0 spiro atoms. The van der Waals surface area contributed by atoms with Crippen LogP contribution in [0.25, 0.3) is 0 Å². The van der Waals surface area contributed by atoms with Gasteiger partial charge in [-0.2, -0.15) is 5.10 Å². The van der Waals surface area contributed by atoms with Crippen LogP contribution >= 0.6 is 0 Å². The maximum absolute atomic E-state index is 13.4. The van der Waals surface area contributed by atoms with Gasteiger partial charge in [0.05, 0.1) is 5.69 Å². The Balaban J connectivity index is 1.42. The quantitative estimate of drug-likeness (QED) is 0.787. The molecule has 3 heterocycles. The van der Waals surface area contributed by atoms with Crippen molar-refractivity contribution in [1.29, 1.82) is 0 Å². The lowest BCUT2D eigenvalue weighted by molar-refractivity contribution is 0.0836. The fourth-order valence-electron chi connectivity index (χ4n) is 2.82. The Bertz CT molecular complexity index is 634. The Morgan fingerprint density at radius 3 is 3.13 bits per heavy atom. The van der Waals surface area contributed by atoms with Crippen LogP contribution in [0, 0.1) is 11.7 Å². The Labute approximate surface area is 134 Å². The molecule has 0 aliphatic carbocycles. The van der Waals surface area contributed by atoms with Crippen molar-refractivity contribution in [3.05, 3.63) is 42.1 Å². The van der Waals surface area contributed by atoms with Crippen LogP contribution < -0.4 is 10.1 Å². The van der Waals surface area contributed by atoms with E-state index in [1.54, 1.807) is 12.3 Å². The predicted molar refractivity (Wildman–Crippen MR) is 82.6 cm³/mol. The summed E-state index contributed by atoms with van der Waals surface area (Å²) in [7, 11) is 1.93. The summed E-state index contributed by atoms with van der Waals surface area (Å²) in [6, 6.07) is 4.87. The van der Waals surface area contributed by atoms with Gasteiger partial charge in [0.1, 0.15) is 12.7 Å². The third-order valence-electron chi connectivity index (χ3n) is 4.01. The molecule has 2 aromatic rings. The van der Waals surface area contributed by atoms with Crippen LogP contribution in [0.3, 0.4) is 0 Å². The van der Waals surface area contributed by atoms with E-state index < -0.39 is 5.82 Å². The zero-order chi connectivity index (χ0) is 16.1. The molecule has 0 radical (unpaired) electrons. The van der Waals surface area contributed by atoms with Gasteiger partial charge in [0.2, 0.25) is 5.88 Å². The molecule has 0 aromatic carbocycles. The van der Waals surface area contributed by atoms with Crippen LogP contribution in [0.5, 0.6) is 5.88 Å². The molecule has 0 unspecified atom stereocenters. The summed E-state index contributed by atoms with van der Waals surface area (Å²) in [5.41, 5.74) is 1.10. The molecular weight excluding hydrogens is 299 g/mol. The number of hydrogen-bond acceptors (Lipinski definition) is 5. The number of hydrogen-bond donors (Lipinski definition) is 1. The Morgan fingerprint density at radius 2 is 2.35 bits per heavy atom. The predicted octanol–water partition coefficient (Wildman–Crippen LogP) is 1.70. The average molecular weight is 320 g/mol. The van der Waals surface area contributed by atoms with Crippen LogP contribution in [0.4, 0.5) is 4.39 Å². The third kappa shape index (κ3) is 3.86. The van der Waals surface area contributed by atoms with Crippen molar-refractivity contribution < 1.29 is 13.9 Å². The van der Waals surface area contributed by atoms with Crippen LogP contribution in [0.1, 0.15) is 18.2 Å². The Hall–Kier alpha value is -1.99. The minimum Gasteiger partial charge on any atom is -0.474 e. The lowest BCUT2D eigenvalue weighted by atomic mass is 9.99. The maximum Gasteiger partial charge on any atom is 0.250 e. The number of nitrogens with one attached hydrogen (secondary N) is 1. The molecular formula is C16H21FN4O2. The molecule has 0 bridgehead atoms. The summed E-state index contributed by atoms with van der Waals surface area (Å²) in [6.07, 6.45) is 4.39. The van der Waals surface area contributed by atoms with E-state index in [1.165, 1.54) is 12.3 Å². The topological polar surface area (TPSA) is 61.2 Å². The van der Waals surface area contributed by atoms with Gasteiger partial charge in [-0.25, -0.2) is 9.37 Å². The Kier molecular flexibility index (Phi) is 5.19. The lowest BCUT2D eigenvalue weighted by Gasteiger charge is -2.19. The van der Waals surface area contributed by atoms with Gasteiger partial charge in [0, 0.05) is 45.1 Å². The molecule has 1 aliphatic rings. The van der Waals surface area contributed by atoms with Gasteiger partial charge in [0.25, 0.3) is 0 Å². The molecule has 124 valence electrons. The minimum atomic E-state index is -0.437. The standard InChI is InChI=1S/C16H21FN4O2/c1-21-14(4-7-20-21)15-12(5-9-22-15)11-18-8-10-23-16-13(17)3-2-6-19-16/h2-4,6-7,12,15,18H,5,8-11H2,1H3/t12-,15+/m0/s1. The van der Waals surface area contributed by atoms with E-state index in [0.717, 1.165) is 25.3 Å². The van der Waals surface area contributed by atoms with Gasteiger partial charge in [-0.3, -0.25) is 4.68 Å². The molecule has 1 aliphatic heterocycles. The summed E-state index contributed by atoms with van der Waals surface area (Å²) >= 11 is 0. The van der Waals surface area contributed by atoms with Gasteiger partial charge in [-0.15, -0.1) is 0 Å². The van der Waals surface area contributed by atoms with Crippen LogP contribution in [-0.2, 0) is 11.8 Å². The second-order valence-corrected chi connectivity index (χ2v) is 5.56. The zero-order valence-corrected chi connectivity index (χ0v) is 13.1. The first-order chi connectivity index (χ1) is 11.3. The highest BCUT2D eigenvalue weighted by atomic mass is 19.1. The number of pyridine rings is 1. The van der Waals surface area contributed by atoms with E-state index in [9.17, 15) is 4.39 Å². The number of aryl methyl sites for hydroxylation is 1. The van der Waals surface area contributed by atoms with E-state index in [2.05, 4.69) is 15.4 Å². The van der Waals surface area contributed by atoms with Gasteiger partial charge in [-0.1, -0.05) is 0 Å². The second kappa shape index (κ2) is 7.52. The normalized spacial score (nSPS) is 20.8. The molecule has 1 saturated heterocycles. The van der Waals surface area contributed by atoms with Gasteiger partial charge >= 0.3 is 0 Å². The SMILES string of the molecule is Cn1nccc1[C@@H]1OCC[C@H]1CNCCOc1ncccc1F. The minimum absolute atomic E-state index is 0.0475. The van der Waals surface area contributed by atoms with Gasteiger partial charge < -0.3 is 14.8 Å². The summed E-state index contributed by atoms with van der Waals surface area (Å²) < 4.78 is 26.4. The molecule has 0 saturated carbocycles. The fraction of sp³-hybridized carbons (Fsp3) is 0.500. The largest absolute Gasteiger partial charge is 0.474 e. The number of aromatic nitrogens is 3. The smallest absolute Gasteiger partial charge is 0.250 e. The van der Waals surface area contributed by atoms with E-state index in [0.29, 0.717) is 19.1 Å². The summed E-state index contributed by atoms with van der Waals surface area (Å²) in [4.78, 5) is 3.85. The molecule has 3 rings (SSSR count). The molecule has 1 N–H and O–H groups in total. The monoisotopic (exact) mass is 320 g/mol. The first-order valence-corrected chi connectivity index (χ1v) is 7.79. The van der Waals surface area contributed by atoms with Crippen molar-refractivity contribution in [2.75, 3.05) is 26.3 Å². The molecule has 7 heteroatoms. The maximum atomic E-state index is 13.4. The van der Waals surface area contributed by atoms with Gasteiger partial charge in [0.15, 0.2) is 5.82 Å². The lowest BCUT2D eigenvalue weighted by Crippen LogP contribution is -2.29. The number of halogens is 1. The first kappa shape index (κ1) is 15.9. The highest BCUT2D eigenvalue weighted by molar-refractivity contribution is 5.12. The number of rotatable bonds is 7. The van der Waals surface area contributed by atoms with E-state index >= 15 is 0 Å². The molecule has 0 amide bonds. The van der Waals surface area contributed by atoms with Crippen LogP contribution in [-0.4, -0.2) is 41.1 Å². The zero-order valence-electron chi connectivity index (χ0n) is 13.1. The molecule has 23 heavy (non-hydrogen) atoms. The van der Waals surface area contributed by atoms with Crippen molar-refractivity contribution in [2.45, 2.75) is 12.5 Å². The second-order valence-electron chi connectivity index (χ2n) is 5.56. The summed E-state index contributed by atoms with van der Waals surface area (Å²) in [5.74, 6) is 0.0104. The van der Waals surface area contributed by atoms with E-state index in [4.69, 9.17) is 9.47 Å². The first-order valence-electron chi connectivity index (χ1n) is 7.79. The highest BCUT2D eigenvalue weighted by Crippen LogP contribution is 2.33. The van der Waals surface area contributed by atoms with E-state index in [-0.39, 0.29) is 12.0 Å². The Morgan fingerprint density at radius 1 is 1.43 bits per heavy atom. The molecule has 6 nitrogen and oxygen atoms in total. The van der Waals surface area contributed by atoms with Crippen molar-refractivity contribution in [3.8, 4) is 5.88 Å². The third-order valence-corrected chi connectivity index (χ3v) is 4.01. The van der Waals surface area contributed by atoms with Crippen molar-refractivity contribution in [2.24, 2.45) is 13.0 Å². The van der Waals surface area contributed by atoms with Crippen molar-refractivity contribution >= 4 is 0 Å². The van der Waals surface area contributed by atoms with Crippen molar-refractivity contribution in [1.82, 2.24) is 20.1 Å².